The van der Waals surface area contributed by atoms with Gasteiger partial charge in [0.05, 0.1) is 0 Å². The van der Waals surface area contributed by atoms with Gasteiger partial charge in [0.1, 0.15) is 18.5 Å². The van der Waals surface area contributed by atoms with Crippen molar-refractivity contribution in [2.24, 2.45) is 0 Å². The summed E-state index contributed by atoms with van der Waals surface area (Å²) < 4.78 is 34.1. The van der Waals surface area contributed by atoms with E-state index in [4.69, 9.17) is 4.74 Å². The third-order valence-corrected chi connectivity index (χ3v) is 2.38. The molecule has 1 saturated heterocycles. The van der Waals surface area contributed by atoms with Gasteiger partial charge in [0.25, 0.3) is 0 Å². The molecule has 1 atom stereocenters. The van der Waals surface area contributed by atoms with Crippen LogP contribution >= 0.6 is 0 Å². The standard InChI is InChI=1S/C11H11F2NO3/c12-11(13)17-8-4-2-1-3-7(8)9-5-14-10(15)6-16-9/h1-4,9,11H,5-6H2,(H,14,15)/t9-/m0/s1. The van der Waals surface area contributed by atoms with Gasteiger partial charge in [-0.15, -0.1) is 0 Å². The minimum Gasteiger partial charge on any atom is -0.434 e. The van der Waals surface area contributed by atoms with E-state index in [2.05, 4.69) is 10.1 Å². The van der Waals surface area contributed by atoms with E-state index < -0.39 is 12.7 Å². The molecule has 17 heavy (non-hydrogen) atoms. The lowest BCUT2D eigenvalue weighted by atomic mass is 10.1. The third-order valence-electron chi connectivity index (χ3n) is 2.38. The topological polar surface area (TPSA) is 47.6 Å². The summed E-state index contributed by atoms with van der Waals surface area (Å²) >= 11 is 0. The summed E-state index contributed by atoms with van der Waals surface area (Å²) in [7, 11) is 0. The number of benzene rings is 1. The predicted octanol–water partition coefficient (Wildman–Crippen LogP) is 1.48. The van der Waals surface area contributed by atoms with Gasteiger partial charge in [0.15, 0.2) is 0 Å². The molecule has 1 amide bonds. The molecule has 6 heteroatoms. The molecule has 92 valence electrons. The van der Waals surface area contributed by atoms with E-state index in [0.29, 0.717) is 5.56 Å². The molecular formula is C11H11F2NO3. The van der Waals surface area contributed by atoms with Crippen LogP contribution in [0.2, 0.25) is 0 Å². The van der Waals surface area contributed by atoms with Crippen molar-refractivity contribution in [3.05, 3.63) is 29.8 Å². The Morgan fingerprint density at radius 1 is 1.41 bits per heavy atom. The highest BCUT2D eigenvalue weighted by Crippen LogP contribution is 2.29. The van der Waals surface area contributed by atoms with Crippen molar-refractivity contribution in [3.8, 4) is 5.75 Å². The number of hydrogen-bond donors (Lipinski definition) is 1. The average Bonchev–Trinajstić information content (AvgIpc) is 2.30. The summed E-state index contributed by atoms with van der Waals surface area (Å²) in [6.45, 7) is -2.70. The molecule has 0 unspecified atom stereocenters. The zero-order valence-corrected chi connectivity index (χ0v) is 8.86. The number of para-hydroxylation sites is 1. The van der Waals surface area contributed by atoms with Crippen LogP contribution in [0.4, 0.5) is 8.78 Å². The van der Waals surface area contributed by atoms with Gasteiger partial charge in [-0.25, -0.2) is 0 Å². The fourth-order valence-corrected chi connectivity index (χ4v) is 1.64. The molecule has 1 aliphatic heterocycles. The van der Waals surface area contributed by atoms with Crippen LogP contribution in [-0.4, -0.2) is 25.7 Å². The number of carbonyl (C=O) groups excluding carboxylic acids is 1. The quantitative estimate of drug-likeness (QED) is 0.874. The van der Waals surface area contributed by atoms with Crippen LogP contribution in [0.15, 0.2) is 24.3 Å². The second-order valence-corrected chi connectivity index (χ2v) is 3.52. The molecule has 1 N–H and O–H groups in total. The van der Waals surface area contributed by atoms with Crippen LogP contribution in [-0.2, 0) is 9.53 Å². The summed E-state index contributed by atoms with van der Waals surface area (Å²) in [4.78, 5) is 10.9. The molecule has 0 saturated carbocycles. The largest absolute Gasteiger partial charge is 0.434 e. The van der Waals surface area contributed by atoms with Crippen LogP contribution in [0, 0.1) is 0 Å². The highest BCUT2D eigenvalue weighted by molar-refractivity contribution is 5.77. The number of hydrogen-bond acceptors (Lipinski definition) is 3. The third kappa shape index (κ3) is 2.91. The molecule has 1 aliphatic rings. The summed E-state index contributed by atoms with van der Waals surface area (Å²) in [5.41, 5.74) is 0.507. The van der Waals surface area contributed by atoms with E-state index in [0.717, 1.165) is 0 Å². The minimum atomic E-state index is -2.88. The molecule has 0 spiro atoms. The highest BCUT2D eigenvalue weighted by atomic mass is 19.3. The Labute approximate surface area is 96.5 Å². The average molecular weight is 243 g/mol. The van der Waals surface area contributed by atoms with Gasteiger partial charge >= 0.3 is 6.61 Å². The first-order valence-corrected chi connectivity index (χ1v) is 5.09. The molecule has 1 aromatic rings. The van der Waals surface area contributed by atoms with Crippen LogP contribution in [0.3, 0.4) is 0 Å². The smallest absolute Gasteiger partial charge is 0.387 e. The maximum Gasteiger partial charge on any atom is 0.387 e. The second kappa shape index (κ2) is 5.09. The lowest BCUT2D eigenvalue weighted by Crippen LogP contribution is -2.38. The number of rotatable bonds is 3. The van der Waals surface area contributed by atoms with Crippen LogP contribution < -0.4 is 10.1 Å². The van der Waals surface area contributed by atoms with Crippen molar-refractivity contribution in [3.63, 3.8) is 0 Å². The van der Waals surface area contributed by atoms with E-state index in [1.165, 1.54) is 6.07 Å². The SMILES string of the molecule is O=C1CO[C@H](c2ccccc2OC(F)F)CN1. The second-order valence-electron chi connectivity index (χ2n) is 3.52. The lowest BCUT2D eigenvalue weighted by molar-refractivity contribution is -0.133. The number of ether oxygens (including phenoxy) is 2. The molecule has 0 aromatic heterocycles. The van der Waals surface area contributed by atoms with Crippen molar-refractivity contribution < 1.29 is 23.0 Å². The van der Waals surface area contributed by atoms with Crippen LogP contribution in [0.5, 0.6) is 5.75 Å². The van der Waals surface area contributed by atoms with Gasteiger partial charge in [-0.1, -0.05) is 18.2 Å². The summed E-state index contributed by atoms with van der Waals surface area (Å²) in [5, 5.41) is 2.60. The highest BCUT2D eigenvalue weighted by Gasteiger charge is 2.23. The summed E-state index contributed by atoms with van der Waals surface area (Å²) in [6.07, 6.45) is -0.456. The first-order chi connectivity index (χ1) is 8.16. The van der Waals surface area contributed by atoms with Gasteiger partial charge in [-0.2, -0.15) is 8.78 Å². The van der Waals surface area contributed by atoms with Gasteiger partial charge in [0, 0.05) is 12.1 Å². The Morgan fingerprint density at radius 3 is 2.82 bits per heavy atom. The fourth-order valence-electron chi connectivity index (χ4n) is 1.64. The number of halogens is 2. The minimum absolute atomic E-state index is 0.0728. The number of nitrogens with one attached hydrogen (secondary N) is 1. The van der Waals surface area contributed by atoms with Crippen molar-refractivity contribution in [2.45, 2.75) is 12.7 Å². The van der Waals surface area contributed by atoms with Gasteiger partial charge < -0.3 is 14.8 Å². The molecule has 1 aromatic carbocycles. The van der Waals surface area contributed by atoms with Gasteiger partial charge in [-0.05, 0) is 6.07 Å². The number of amides is 1. The van der Waals surface area contributed by atoms with Gasteiger partial charge in [-0.3, -0.25) is 4.79 Å². The fraction of sp³-hybridized carbons (Fsp3) is 0.364. The molecule has 1 heterocycles. The molecular weight excluding hydrogens is 232 g/mol. The Morgan fingerprint density at radius 2 is 2.18 bits per heavy atom. The van der Waals surface area contributed by atoms with Crippen molar-refractivity contribution in [1.29, 1.82) is 0 Å². The zero-order chi connectivity index (χ0) is 12.3. The van der Waals surface area contributed by atoms with E-state index in [1.807, 2.05) is 0 Å². The molecule has 1 fully saturated rings. The Kier molecular flexibility index (Phi) is 3.53. The van der Waals surface area contributed by atoms with E-state index in [1.54, 1.807) is 18.2 Å². The molecule has 2 rings (SSSR count). The van der Waals surface area contributed by atoms with Crippen molar-refractivity contribution in [1.82, 2.24) is 5.32 Å². The van der Waals surface area contributed by atoms with Crippen molar-refractivity contribution >= 4 is 5.91 Å². The molecule has 0 radical (unpaired) electrons. The van der Waals surface area contributed by atoms with Crippen LogP contribution in [0.25, 0.3) is 0 Å². The summed E-state index contributed by atoms with van der Waals surface area (Å²) in [5.74, 6) is -0.142. The Hall–Kier alpha value is -1.69. The maximum atomic E-state index is 12.2. The van der Waals surface area contributed by atoms with E-state index >= 15 is 0 Å². The first-order valence-electron chi connectivity index (χ1n) is 5.09. The van der Waals surface area contributed by atoms with Crippen molar-refractivity contribution in [2.75, 3.05) is 13.2 Å². The molecule has 0 bridgehead atoms. The maximum absolute atomic E-state index is 12.2. The normalized spacial score (nSPS) is 20.2. The van der Waals surface area contributed by atoms with Crippen LogP contribution in [0.1, 0.15) is 11.7 Å². The summed E-state index contributed by atoms with van der Waals surface area (Å²) in [6, 6.07) is 6.39. The molecule has 4 nitrogen and oxygen atoms in total. The van der Waals surface area contributed by atoms with E-state index in [-0.39, 0.29) is 24.8 Å². The number of alkyl halides is 2. The zero-order valence-electron chi connectivity index (χ0n) is 8.86. The number of morpholine rings is 1. The van der Waals surface area contributed by atoms with Gasteiger partial charge in [0.2, 0.25) is 5.91 Å². The first kappa shape index (κ1) is 11.8. The monoisotopic (exact) mass is 243 g/mol. The Bertz CT molecular complexity index is 401. The lowest BCUT2D eigenvalue weighted by Gasteiger charge is -2.25. The predicted molar refractivity (Wildman–Crippen MR) is 54.8 cm³/mol. The van der Waals surface area contributed by atoms with E-state index in [9.17, 15) is 13.6 Å². The Balaban J connectivity index is 2.16. The number of carbonyl (C=O) groups is 1. The molecule has 0 aliphatic carbocycles.